The van der Waals surface area contributed by atoms with E-state index in [0.717, 1.165) is 10.9 Å². The summed E-state index contributed by atoms with van der Waals surface area (Å²) in [6.45, 7) is 0. The minimum absolute atomic E-state index is 0.346. The van der Waals surface area contributed by atoms with Crippen molar-refractivity contribution in [2.24, 2.45) is 0 Å². The van der Waals surface area contributed by atoms with Crippen molar-refractivity contribution in [2.75, 3.05) is 5.73 Å². The van der Waals surface area contributed by atoms with Crippen LogP contribution in [0.1, 0.15) is 5.56 Å². The van der Waals surface area contributed by atoms with Crippen molar-refractivity contribution in [3.05, 3.63) is 41.4 Å². The Morgan fingerprint density at radius 1 is 1.32 bits per heavy atom. The molecule has 7 heteroatoms. The number of hydrogen-bond acceptors (Lipinski definition) is 6. The lowest BCUT2D eigenvalue weighted by Crippen LogP contribution is -1.95. The highest BCUT2D eigenvalue weighted by molar-refractivity contribution is 7.98. The highest BCUT2D eigenvalue weighted by Gasteiger charge is 2.05. The number of fused-ring (bicyclic) bond motifs is 1. The van der Waals surface area contributed by atoms with Crippen LogP contribution in [-0.2, 0) is 5.75 Å². The Bertz CT molecular complexity index is 710. The molecule has 0 saturated carbocycles. The van der Waals surface area contributed by atoms with Gasteiger partial charge in [0.05, 0.1) is 6.26 Å². The van der Waals surface area contributed by atoms with Gasteiger partial charge in [0.2, 0.25) is 5.71 Å². The second kappa shape index (κ2) is 5.07. The molecule has 0 aliphatic heterocycles. The van der Waals surface area contributed by atoms with Gasteiger partial charge in [0.1, 0.15) is 11.0 Å². The van der Waals surface area contributed by atoms with Crippen molar-refractivity contribution in [2.45, 2.75) is 10.9 Å². The molecule has 0 atom stereocenters. The van der Waals surface area contributed by atoms with E-state index in [1.807, 2.05) is 12.1 Å². The molecule has 0 bridgehead atoms. The topological polar surface area (TPSA) is 77.8 Å². The Hall–Kier alpha value is -1.79. The van der Waals surface area contributed by atoms with E-state index in [-0.39, 0.29) is 0 Å². The number of anilines is 1. The van der Waals surface area contributed by atoms with Crippen LogP contribution in [0.15, 0.2) is 40.2 Å². The zero-order valence-electron chi connectivity index (χ0n) is 9.71. The highest BCUT2D eigenvalue weighted by atomic mass is 35.5. The Kier molecular flexibility index (Phi) is 3.27. The van der Waals surface area contributed by atoms with Gasteiger partial charge in [-0.1, -0.05) is 23.4 Å². The number of furan rings is 1. The lowest BCUT2D eigenvalue weighted by Gasteiger charge is -2.02. The lowest BCUT2D eigenvalue weighted by atomic mass is 10.2. The first-order valence-electron chi connectivity index (χ1n) is 5.46. The first-order valence-corrected chi connectivity index (χ1v) is 6.82. The third-order valence-electron chi connectivity index (χ3n) is 2.42. The normalized spacial score (nSPS) is 11.0. The first kappa shape index (κ1) is 12.3. The minimum Gasteiger partial charge on any atom is -0.446 e. The Labute approximate surface area is 118 Å². The monoisotopic (exact) mass is 292 g/mol. The van der Waals surface area contributed by atoms with E-state index in [2.05, 4.69) is 15.0 Å². The van der Waals surface area contributed by atoms with Gasteiger partial charge in [0.15, 0.2) is 5.16 Å². The summed E-state index contributed by atoms with van der Waals surface area (Å²) in [5, 5.41) is 1.88. The second-order valence-corrected chi connectivity index (χ2v) is 5.18. The quantitative estimate of drug-likeness (QED) is 0.454. The fraction of sp³-hybridized carbons (Fsp3) is 0.0833. The van der Waals surface area contributed by atoms with Crippen LogP contribution in [0, 0.1) is 0 Å². The van der Waals surface area contributed by atoms with Gasteiger partial charge in [-0.2, -0.15) is 0 Å². The summed E-state index contributed by atoms with van der Waals surface area (Å²) < 4.78 is 5.19. The van der Waals surface area contributed by atoms with Gasteiger partial charge >= 0.3 is 0 Å². The molecule has 0 fully saturated rings. The molecule has 0 saturated heterocycles. The zero-order valence-corrected chi connectivity index (χ0v) is 11.3. The SMILES string of the molecule is Nc1cc(Cl)nc(SCc2cnc3occc3c2)n1. The van der Waals surface area contributed by atoms with Crippen molar-refractivity contribution < 1.29 is 4.42 Å². The minimum atomic E-state index is 0.346. The Morgan fingerprint density at radius 3 is 3.05 bits per heavy atom. The van der Waals surface area contributed by atoms with E-state index in [1.165, 1.54) is 17.8 Å². The summed E-state index contributed by atoms with van der Waals surface area (Å²) in [4.78, 5) is 12.4. The number of rotatable bonds is 3. The van der Waals surface area contributed by atoms with Gasteiger partial charge in [-0.15, -0.1) is 0 Å². The van der Waals surface area contributed by atoms with E-state index in [0.29, 0.717) is 27.6 Å². The van der Waals surface area contributed by atoms with Crippen molar-refractivity contribution in [1.82, 2.24) is 15.0 Å². The van der Waals surface area contributed by atoms with Crippen LogP contribution in [-0.4, -0.2) is 15.0 Å². The maximum atomic E-state index is 5.83. The average molecular weight is 293 g/mol. The molecule has 3 aromatic rings. The molecular weight excluding hydrogens is 284 g/mol. The summed E-state index contributed by atoms with van der Waals surface area (Å²) in [6.07, 6.45) is 3.39. The fourth-order valence-electron chi connectivity index (χ4n) is 1.61. The lowest BCUT2D eigenvalue weighted by molar-refractivity contribution is 0.603. The van der Waals surface area contributed by atoms with Gasteiger partial charge < -0.3 is 10.2 Å². The fourth-order valence-corrected chi connectivity index (χ4v) is 2.64. The van der Waals surface area contributed by atoms with E-state index < -0.39 is 0 Å². The molecule has 2 N–H and O–H groups in total. The molecule has 0 amide bonds. The van der Waals surface area contributed by atoms with E-state index in [9.17, 15) is 0 Å². The summed E-state index contributed by atoms with van der Waals surface area (Å²) in [5.41, 5.74) is 7.31. The molecule has 19 heavy (non-hydrogen) atoms. The molecule has 5 nitrogen and oxygen atoms in total. The molecule has 3 heterocycles. The number of pyridine rings is 1. The first-order chi connectivity index (χ1) is 9.20. The third kappa shape index (κ3) is 2.80. The smallest absolute Gasteiger partial charge is 0.225 e. The summed E-state index contributed by atoms with van der Waals surface area (Å²) in [7, 11) is 0. The maximum Gasteiger partial charge on any atom is 0.225 e. The van der Waals surface area contributed by atoms with Crippen LogP contribution >= 0.6 is 23.4 Å². The number of thioether (sulfide) groups is 1. The molecule has 0 aliphatic carbocycles. The van der Waals surface area contributed by atoms with Gasteiger partial charge in [0.25, 0.3) is 0 Å². The maximum absolute atomic E-state index is 5.83. The van der Waals surface area contributed by atoms with Gasteiger partial charge in [0, 0.05) is 23.4 Å². The molecular formula is C12H9ClN4OS. The van der Waals surface area contributed by atoms with Crippen molar-refractivity contribution >= 4 is 40.3 Å². The van der Waals surface area contributed by atoms with Crippen LogP contribution in [0.2, 0.25) is 5.15 Å². The Balaban J connectivity index is 1.77. The van der Waals surface area contributed by atoms with Crippen LogP contribution in [0.4, 0.5) is 5.82 Å². The van der Waals surface area contributed by atoms with Gasteiger partial charge in [-0.25, -0.2) is 15.0 Å². The van der Waals surface area contributed by atoms with Crippen molar-refractivity contribution in [3.63, 3.8) is 0 Å². The average Bonchev–Trinajstić information content (AvgIpc) is 2.82. The summed E-state index contributed by atoms with van der Waals surface area (Å²) >= 11 is 7.28. The van der Waals surface area contributed by atoms with E-state index >= 15 is 0 Å². The number of nitrogens with two attached hydrogens (primary N) is 1. The van der Waals surface area contributed by atoms with Crippen LogP contribution in [0.3, 0.4) is 0 Å². The predicted octanol–water partition coefficient (Wildman–Crippen LogP) is 3.15. The number of nitrogens with zero attached hydrogens (tertiary/aromatic N) is 3. The highest BCUT2D eigenvalue weighted by Crippen LogP contribution is 2.23. The van der Waals surface area contributed by atoms with Gasteiger partial charge in [-0.3, -0.25) is 0 Å². The number of hydrogen-bond donors (Lipinski definition) is 1. The van der Waals surface area contributed by atoms with Crippen molar-refractivity contribution in [3.8, 4) is 0 Å². The molecule has 3 rings (SSSR count). The van der Waals surface area contributed by atoms with E-state index in [4.69, 9.17) is 21.8 Å². The van der Waals surface area contributed by atoms with Crippen molar-refractivity contribution in [1.29, 1.82) is 0 Å². The molecule has 96 valence electrons. The largest absolute Gasteiger partial charge is 0.446 e. The third-order valence-corrected chi connectivity index (χ3v) is 3.54. The number of halogens is 1. The number of aromatic nitrogens is 3. The molecule has 0 aliphatic rings. The summed E-state index contributed by atoms with van der Waals surface area (Å²) in [6, 6.07) is 5.42. The second-order valence-electron chi connectivity index (χ2n) is 3.85. The molecule has 3 aromatic heterocycles. The Morgan fingerprint density at radius 2 is 2.21 bits per heavy atom. The molecule has 0 aromatic carbocycles. The van der Waals surface area contributed by atoms with E-state index in [1.54, 1.807) is 12.5 Å². The predicted molar refractivity (Wildman–Crippen MR) is 75.0 cm³/mol. The molecule has 0 unspecified atom stereocenters. The molecule has 0 spiro atoms. The zero-order chi connectivity index (χ0) is 13.2. The van der Waals surface area contributed by atoms with Crippen LogP contribution in [0.5, 0.6) is 0 Å². The van der Waals surface area contributed by atoms with Crippen LogP contribution in [0.25, 0.3) is 11.1 Å². The number of nitrogen functional groups attached to an aromatic ring is 1. The summed E-state index contributed by atoms with van der Waals surface area (Å²) in [5.74, 6) is 1.05. The standard InChI is InChI=1S/C12H9ClN4OS/c13-9-4-10(14)17-12(16-9)19-6-7-3-8-1-2-18-11(8)15-5-7/h1-5H,6H2,(H2,14,16,17). The molecule has 0 radical (unpaired) electrons. The van der Waals surface area contributed by atoms with Gasteiger partial charge in [-0.05, 0) is 17.7 Å². The van der Waals surface area contributed by atoms with Crippen LogP contribution < -0.4 is 5.73 Å².